The summed E-state index contributed by atoms with van der Waals surface area (Å²) in [6, 6.07) is 0. The Balaban J connectivity index is 3.76. The van der Waals surface area contributed by atoms with E-state index in [9.17, 15) is 4.79 Å². The molecule has 0 saturated carbocycles. The predicted molar refractivity (Wildman–Crippen MR) is 64.9 cm³/mol. The largest absolute Gasteiger partial charge is 0.356 e. The van der Waals surface area contributed by atoms with Crippen LogP contribution in [0.3, 0.4) is 0 Å². The molecule has 0 saturated heterocycles. The molecule has 1 amide bonds. The van der Waals surface area contributed by atoms with Crippen LogP contribution in [0.4, 0.5) is 0 Å². The first-order chi connectivity index (χ1) is 7.52. The number of hydrogen-bond donors (Lipinski definition) is 1. The fraction of sp³-hybridized carbons (Fsp3) is 0.909. The molecule has 0 aliphatic heterocycles. The lowest BCUT2D eigenvalue weighted by atomic mass is 9.94. The fourth-order valence-electron chi connectivity index (χ4n) is 1.24. The van der Waals surface area contributed by atoms with Gasteiger partial charge in [0.1, 0.15) is 0 Å². The van der Waals surface area contributed by atoms with Gasteiger partial charge in [0.05, 0.1) is 0 Å². The van der Waals surface area contributed by atoms with Crippen molar-refractivity contribution in [2.75, 3.05) is 13.1 Å². The third-order valence-electron chi connectivity index (χ3n) is 2.33. The van der Waals surface area contributed by atoms with Gasteiger partial charge in [0, 0.05) is 24.4 Å². The van der Waals surface area contributed by atoms with Gasteiger partial charge in [0.15, 0.2) is 0 Å². The smallest absolute Gasteiger partial charge is 0.220 e. The zero-order valence-electron chi connectivity index (χ0n) is 10.5. The molecule has 1 N–H and O–H groups in total. The first-order valence-corrected chi connectivity index (χ1v) is 5.79. The van der Waals surface area contributed by atoms with Crippen LogP contribution in [0.25, 0.3) is 10.4 Å². The van der Waals surface area contributed by atoms with Crippen LogP contribution in [0.15, 0.2) is 5.11 Å². The maximum absolute atomic E-state index is 11.4. The van der Waals surface area contributed by atoms with Gasteiger partial charge < -0.3 is 5.32 Å². The van der Waals surface area contributed by atoms with E-state index in [-0.39, 0.29) is 11.3 Å². The van der Waals surface area contributed by atoms with Crippen molar-refractivity contribution in [2.45, 2.75) is 46.5 Å². The number of rotatable bonds is 8. The van der Waals surface area contributed by atoms with Crippen LogP contribution >= 0.6 is 0 Å². The van der Waals surface area contributed by atoms with E-state index in [1.165, 1.54) is 0 Å². The monoisotopic (exact) mass is 226 g/mol. The van der Waals surface area contributed by atoms with E-state index in [0.29, 0.717) is 19.5 Å². The minimum absolute atomic E-state index is 0.0856. The highest BCUT2D eigenvalue weighted by molar-refractivity contribution is 5.75. The fourth-order valence-corrected chi connectivity index (χ4v) is 1.24. The Labute approximate surface area is 97.2 Å². The molecule has 0 rings (SSSR count). The van der Waals surface area contributed by atoms with E-state index in [1.54, 1.807) is 0 Å². The molecule has 0 aromatic rings. The van der Waals surface area contributed by atoms with Gasteiger partial charge in [0.2, 0.25) is 5.91 Å². The Morgan fingerprint density at radius 1 is 1.44 bits per heavy atom. The van der Waals surface area contributed by atoms with Crippen molar-refractivity contribution < 1.29 is 4.79 Å². The van der Waals surface area contributed by atoms with Gasteiger partial charge in [-0.2, -0.15) is 0 Å². The molecule has 0 radical (unpaired) electrons. The lowest BCUT2D eigenvalue weighted by molar-refractivity contribution is -0.121. The number of hydrogen-bond acceptors (Lipinski definition) is 2. The van der Waals surface area contributed by atoms with Crippen LogP contribution < -0.4 is 5.32 Å². The maximum atomic E-state index is 11.4. The summed E-state index contributed by atoms with van der Waals surface area (Å²) in [6.45, 7) is 7.00. The quantitative estimate of drug-likeness (QED) is 0.293. The van der Waals surface area contributed by atoms with Gasteiger partial charge in [-0.15, -0.1) is 0 Å². The molecule has 0 spiro atoms. The third kappa shape index (κ3) is 8.12. The first kappa shape index (κ1) is 14.8. The summed E-state index contributed by atoms with van der Waals surface area (Å²) in [5, 5.41) is 6.39. The van der Waals surface area contributed by atoms with Crippen molar-refractivity contribution in [1.82, 2.24) is 5.32 Å². The number of unbranched alkanes of at least 4 members (excludes halogenated alkanes) is 2. The Kier molecular flexibility index (Phi) is 7.38. The number of nitrogens with zero attached hydrogens (tertiary/aromatic N) is 3. The first-order valence-electron chi connectivity index (χ1n) is 5.79. The van der Waals surface area contributed by atoms with Crippen LogP contribution in [0.1, 0.15) is 46.5 Å². The standard InChI is InChI=1S/C11H22N4O/c1-4-5-6-7-10(16)13-8-11(2,3)9-14-15-12/h4-9H2,1-3H3,(H,13,16). The number of carbonyl (C=O) groups excluding carboxylic acids is 1. The summed E-state index contributed by atoms with van der Waals surface area (Å²) >= 11 is 0. The number of azide groups is 1. The maximum Gasteiger partial charge on any atom is 0.220 e. The van der Waals surface area contributed by atoms with Crippen molar-refractivity contribution >= 4 is 5.91 Å². The highest BCUT2D eigenvalue weighted by Crippen LogP contribution is 2.14. The molecule has 0 fully saturated rings. The van der Waals surface area contributed by atoms with Crippen LogP contribution in [0, 0.1) is 5.41 Å². The lowest BCUT2D eigenvalue weighted by Crippen LogP contribution is -2.35. The number of carbonyl (C=O) groups is 1. The van der Waals surface area contributed by atoms with Gasteiger partial charge in [-0.05, 0) is 17.4 Å². The van der Waals surface area contributed by atoms with Gasteiger partial charge in [-0.25, -0.2) is 0 Å². The molecule has 0 aliphatic carbocycles. The molecular formula is C11H22N4O. The molecule has 0 unspecified atom stereocenters. The zero-order valence-corrected chi connectivity index (χ0v) is 10.5. The molecule has 0 aliphatic rings. The molecule has 0 bridgehead atoms. The molecule has 0 atom stereocenters. The zero-order chi connectivity index (χ0) is 12.4. The van der Waals surface area contributed by atoms with Crippen molar-refractivity contribution in [3.63, 3.8) is 0 Å². The molecule has 0 aromatic heterocycles. The summed E-state index contributed by atoms with van der Waals surface area (Å²) in [7, 11) is 0. The van der Waals surface area contributed by atoms with Crippen LogP contribution in [0.5, 0.6) is 0 Å². The molecule has 5 nitrogen and oxygen atoms in total. The van der Waals surface area contributed by atoms with E-state index >= 15 is 0 Å². The van der Waals surface area contributed by atoms with E-state index in [0.717, 1.165) is 19.3 Å². The van der Waals surface area contributed by atoms with Crippen LogP contribution in [-0.4, -0.2) is 19.0 Å². The van der Waals surface area contributed by atoms with E-state index < -0.39 is 0 Å². The van der Waals surface area contributed by atoms with Crippen LogP contribution in [0.2, 0.25) is 0 Å². The normalized spacial score (nSPS) is 10.7. The molecule has 92 valence electrons. The summed E-state index contributed by atoms with van der Waals surface area (Å²) < 4.78 is 0. The van der Waals surface area contributed by atoms with Crippen LogP contribution in [-0.2, 0) is 4.79 Å². The Hall–Kier alpha value is -1.22. The van der Waals surface area contributed by atoms with Gasteiger partial charge in [-0.3, -0.25) is 4.79 Å². The summed E-state index contributed by atoms with van der Waals surface area (Å²) in [5.41, 5.74) is 8.05. The SMILES string of the molecule is CCCCCC(=O)NCC(C)(C)CN=[N+]=[N-]. The molecule has 0 heterocycles. The Morgan fingerprint density at radius 2 is 2.12 bits per heavy atom. The summed E-state index contributed by atoms with van der Waals surface area (Å²) in [5.74, 6) is 0.0856. The average molecular weight is 226 g/mol. The third-order valence-corrected chi connectivity index (χ3v) is 2.33. The minimum Gasteiger partial charge on any atom is -0.356 e. The molecule has 0 aromatic carbocycles. The lowest BCUT2D eigenvalue weighted by Gasteiger charge is -2.22. The second kappa shape index (κ2) is 7.99. The van der Waals surface area contributed by atoms with Gasteiger partial charge in [-0.1, -0.05) is 38.7 Å². The van der Waals surface area contributed by atoms with E-state index in [2.05, 4.69) is 22.3 Å². The summed E-state index contributed by atoms with van der Waals surface area (Å²) in [6.07, 6.45) is 3.75. The number of nitrogens with one attached hydrogen (secondary N) is 1. The minimum atomic E-state index is -0.174. The Bertz CT molecular complexity index is 257. The van der Waals surface area contributed by atoms with E-state index in [1.807, 2.05) is 13.8 Å². The van der Waals surface area contributed by atoms with Crippen molar-refractivity contribution in [3.8, 4) is 0 Å². The molecule has 16 heavy (non-hydrogen) atoms. The number of amides is 1. The Morgan fingerprint density at radius 3 is 2.69 bits per heavy atom. The highest BCUT2D eigenvalue weighted by Gasteiger charge is 2.17. The van der Waals surface area contributed by atoms with Crippen molar-refractivity contribution in [3.05, 3.63) is 10.4 Å². The molecule has 5 heteroatoms. The second-order valence-corrected chi connectivity index (χ2v) is 4.79. The van der Waals surface area contributed by atoms with Crippen molar-refractivity contribution in [1.29, 1.82) is 0 Å². The van der Waals surface area contributed by atoms with Gasteiger partial charge >= 0.3 is 0 Å². The average Bonchev–Trinajstić information content (AvgIpc) is 2.24. The topological polar surface area (TPSA) is 77.9 Å². The van der Waals surface area contributed by atoms with Gasteiger partial charge in [0.25, 0.3) is 0 Å². The van der Waals surface area contributed by atoms with E-state index in [4.69, 9.17) is 5.53 Å². The van der Waals surface area contributed by atoms with Crippen molar-refractivity contribution in [2.24, 2.45) is 10.5 Å². The predicted octanol–water partition coefficient (Wildman–Crippen LogP) is 3.02. The highest BCUT2D eigenvalue weighted by atomic mass is 16.1. The molecular weight excluding hydrogens is 204 g/mol. The second-order valence-electron chi connectivity index (χ2n) is 4.79. The summed E-state index contributed by atoms with van der Waals surface area (Å²) in [4.78, 5) is 14.1.